The Kier molecular flexibility index (Phi) is 1.52. The van der Waals surface area contributed by atoms with Crippen LogP contribution in [-0.4, -0.2) is 24.8 Å². The van der Waals surface area contributed by atoms with Crippen LogP contribution in [0, 0.1) is 16.7 Å². The molecule has 4 fully saturated rings. The minimum Gasteiger partial charge on any atom is -0.347 e. The van der Waals surface area contributed by atoms with E-state index in [1.165, 1.54) is 0 Å². The Labute approximate surface area is 95.5 Å². The number of hydrogen-bond acceptors (Lipinski definition) is 3. The summed E-state index contributed by atoms with van der Waals surface area (Å²) in [7, 11) is 0. The highest BCUT2D eigenvalue weighted by molar-refractivity contribution is 5.86. The van der Waals surface area contributed by atoms with E-state index in [1.54, 1.807) is 0 Å². The number of Topliss-reactive ketones (excluding diaryl/α,β-unsaturated/α-hetero) is 1. The lowest BCUT2D eigenvalue weighted by Crippen LogP contribution is -2.49. The molecule has 0 aromatic heterocycles. The molecule has 3 aliphatic carbocycles. The summed E-state index contributed by atoms with van der Waals surface area (Å²) in [5, 5.41) is 0. The SMILES string of the molecule is CC12CCC(=O)[C@H]3CC31CCC21OCCO1. The highest BCUT2D eigenvalue weighted by Crippen LogP contribution is 2.79. The van der Waals surface area contributed by atoms with Crippen LogP contribution in [0.1, 0.15) is 39.0 Å². The molecule has 3 nitrogen and oxygen atoms in total. The largest absolute Gasteiger partial charge is 0.347 e. The summed E-state index contributed by atoms with van der Waals surface area (Å²) in [5.41, 5.74) is 0.335. The van der Waals surface area contributed by atoms with Crippen LogP contribution >= 0.6 is 0 Å². The number of carbonyl (C=O) groups excluding carboxylic acids is 1. The van der Waals surface area contributed by atoms with Crippen LogP contribution in [0.3, 0.4) is 0 Å². The van der Waals surface area contributed by atoms with Gasteiger partial charge in [-0.2, -0.15) is 0 Å². The van der Waals surface area contributed by atoms with E-state index in [0.717, 1.165) is 45.3 Å². The van der Waals surface area contributed by atoms with E-state index in [4.69, 9.17) is 9.47 Å². The van der Waals surface area contributed by atoms with Gasteiger partial charge < -0.3 is 9.47 Å². The normalized spacial score (nSPS) is 52.8. The molecule has 0 N–H and O–H groups in total. The second-order valence-corrected chi connectivity index (χ2v) is 6.16. The predicted molar refractivity (Wildman–Crippen MR) is 56.8 cm³/mol. The van der Waals surface area contributed by atoms with Crippen LogP contribution in [0.25, 0.3) is 0 Å². The Morgan fingerprint density at radius 2 is 1.94 bits per heavy atom. The zero-order valence-corrected chi connectivity index (χ0v) is 9.75. The van der Waals surface area contributed by atoms with Gasteiger partial charge in [-0.25, -0.2) is 0 Å². The van der Waals surface area contributed by atoms with E-state index in [9.17, 15) is 4.79 Å². The fourth-order valence-electron chi connectivity index (χ4n) is 4.84. The maximum absolute atomic E-state index is 11.8. The Morgan fingerprint density at radius 3 is 2.69 bits per heavy atom. The molecule has 88 valence electrons. The van der Waals surface area contributed by atoms with Crippen molar-refractivity contribution in [3.63, 3.8) is 0 Å². The minimum atomic E-state index is -0.345. The predicted octanol–water partition coefficient (Wildman–Crippen LogP) is 1.90. The lowest BCUT2D eigenvalue weighted by molar-refractivity contribution is -0.233. The van der Waals surface area contributed by atoms with E-state index in [2.05, 4.69) is 6.92 Å². The molecule has 1 aliphatic heterocycles. The fraction of sp³-hybridized carbons (Fsp3) is 0.923. The van der Waals surface area contributed by atoms with Crippen LogP contribution < -0.4 is 0 Å². The molecule has 4 aliphatic rings. The van der Waals surface area contributed by atoms with Crippen molar-refractivity contribution >= 4 is 5.78 Å². The van der Waals surface area contributed by atoms with E-state index in [0.29, 0.717) is 11.7 Å². The van der Waals surface area contributed by atoms with Crippen LogP contribution in [0.15, 0.2) is 0 Å². The zero-order chi connectivity index (χ0) is 11.0. The second kappa shape index (κ2) is 2.54. The molecule has 16 heavy (non-hydrogen) atoms. The fourth-order valence-corrected chi connectivity index (χ4v) is 4.84. The first-order valence-corrected chi connectivity index (χ1v) is 6.44. The van der Waals surface area contributed by atoms with E-state index in [-0.39, 0.29) is 16.6 Å². The average molecular weight is 222 g/mol. The van der Waals surface area contributed by atoms with Crippen molar-refractivity contribution in [3.05, 3.63) is 0 Å². The summed E-state index contributed by atoms with van der Waals surface area (Å²) in [5.74, 6) is 0.480. The van der Waals surface area contributed by atoms with Crippen molar-refractivity contribution < 1.29 is 14.3 Å². The van der Waals surface area contributed by atoms with Crippen molar-refractivity contribution in [3.8, 4) is 0 Å². The van der Waals surface area contributed by atoms with Crippen molar-refractivity contribution in [2.24, 2.45) is 16.7 Å². The molecule has 3 atom stereocenters. The monoisotopic (exact) mass is 222 g/mol. The lowest BCUT2D eigenvalue weighted by atomic mass is 9.65. The first kappa shape index (κ1) is 9.60. The highest BCUT2D eigenvalue weighted by Gasteiger charge is 2.79. The summed E-state index contributed by atoms with van der Waals surface area (Å²) in [4.78, 5) is 11.8. The zero-order valence-electron chi connectivity index (χ0n) is 9.75. The maximum Gasteiger partial charge on any atom is 0.174 e. The Balaban J connectivity index is 1.79. The third kappa shape index (κ3) is 0.779. The Morgan fingerprint density at radius 1 is 1.19 bits per heavy atom. The van der Waals surface area contributed by atoms with Gasteiger partial charge in [0.15, 0.2) is 5.79 Å². The van der Waals surface area contributed by atoms with Gasteiger partial charge in [0.1, 0.15) is 5.78 Å². The van der Waals surface area contributed by atoms with Crippen molar-refractivity contribution in [2.75, 3.05) is 13.2 Å². The van der Waals surface area contributed by atoms with Crippen LogP contribution in [-0.2, 0) is 14.3 Å². The molecule has 2 unspecified atom stereocenters. The van der Waals surface area contributed by atoms with Crippen molar-refractivity contribution in [1.29, 1.82) is 0 Å². The van der Waals surface area contributed by atoms with Gasteiger partial charge in [0.05, 0.1) is 13.2 Å². The molecule has 0 amide bonds. The van der Waals surface area contributed by atoms with Gasteiger partial charge in [0.2, 0.25) is 0 Å². The first-order valence-electron chi connectivity index (χ1n) is 6.44. The smallest absolute Gasteiger partial charge is 0.174 e. The summed E-state index contributed by atoms with van der Waals surface area (Å²) in [6, 6.07) is 0. The van der Waals surface area contributed by atoms with Crippen molar-refractivity contribution in [1.82, 2.24) is 0 Å². The number of carbonyl (C=O) groups is 1. The standard InChI is InChI=1S/C13H18O3/c1-11-3-2-10(14)9-8-12(9,11)4-5-13(11)15-6-7-16-13/h9H,2-8H2,1H3/t9-,11?,12?/m1/s1. The Bertz CT molecular complexity index is 371. The lowest BCUT2D eigenvalue weighted by Gasteiger charge is -2.45. The van der Waals surface area contributed by atoms with Crippen LogP contribution in [0.4, 0.5) is 0 Å². The number of ether oxygens (including phenoxy) is 2. The van der Waals surface area contributed by atoms with E-state index in [1.807, 2.05) is 0 Å². The summed E-state index contributed by atoms with van der Waals surface area (Å²) in [6.45, 7) is 3.76. The van der Waals surface area contributed by atoms with E-state index >= 15 is 0 Å². The maximum atomic E-state index is 11.8. The topological polar surface area (TPSA) is 35.5 Å². The average Bonchev–Trinajstić information content (AvgIpc) is 2.76. The molecule has 0 aromatic rings. The molecule has 3 saturated carbocycles. The summed E-state index contributed by atoms with van der Waals surface area (Å²) in [6.07, 6.45) is 4.91. The number of rotatable bonds is 0. The molecular weight excluding hydrogens is 204 g/mol. The van der Waals surface area contributed by atoms with Crippen LogP contribution in [0.5, 0.6) is 0 Å². The summed E-state index contributed by atoms with van der Waals surface area (Å²) >= 11 is 0. The molecule has 0 radical (unpaired) electrons. The first-order chi connectivity index (χ1) is 7.64. The molecule has 0 bridgehead atoms. The number of hydrogen-bond donors (Lipinski definition) is 0. The second-order valence-electron chi connectivity index (χ2n) is 6.16. The molecule has 4 rings (SSSR count). The van der Waals surface area contributed by atoms with Gasteiger partial charge >= 0.3 is 0 Å². The van der Waals surface area contributed by atoms with Crippen LogP contribution in [0.2, 0.25) is 0 Å². The van der Waals surface area contributed by atoms with Gasteiger partial charge in [-0.1, -0.05) is 6.92 Å². The van der Waals surface area contributed by atoms with Gasteiger partial charge in [-0.3, -0.25) is 4.79 Å². The summed E-state index contributed by atoms with van der Waals surface area (Å²) < 4.78 is 11.9. The molecular formula is C13H18O3. The van der Waals surface area contributed by atoms with Crippen molar-refractivity contribution in [2.45, 2.75) is 44.8 Å². The highest BCUT2D eigenvalue weighted by atomic mass is 16.7. The number of ketones is 1. The minimum absolute atomic E-state index is 0.0923. The third-order valence-corrected chi connectivity index (χ3v) is 5.93. The molecule has 2 spiro atoms. The third-order valence-electron chi connectivity index (χ3n) is 5.93. The Hall–Kier alpha value is -0.410. The quantitative estimate of drug-likeness (QED) is 0.628. The molecule has 3 heteroatoms. The van der Waals surface area contributed by atoms with Gasteiger partial charge in [0, 0.05) is 24.2 Å². The van der Waals surface area contributed by atoms with Gasteiger partial charge in [-0.05, 0) is 24.7 Å². The molecule has 1 heterocycles. The van der Waals surface area contributed by atoms with Gasteiger partial charge in [-0.15, -0.1) is 0 Å². The number of fused-ring (bicyclic) bond motifs is 1. The van der Waals surface area contributed by atoms with E-state index < -0.39 is 0 Å². The molecule has 1 saturated heterocycles. The molecule has 0 aromatic carbocycles. The van der Waals surface area contributed by atoms with Gasteiger partial charge in [0.25, 0.3) is 0 Å².